The Kier molecular flexibility index (Phi) is 6.16. The maximum Gasteiger partial charge on any atom is 0.419 e. The number of alkyl halides is 3. The fourth-order valence-corrected chi connectivity index (χ4v) is 3.30. The number of fused-ring (bicyclic) bond motifs is 1. The van der Waals surface area contributed by atoms with Gasteiger partial charge in [0.1, 0.15) is 17.9 Å². The van der Waals surface area contributed by atoms with Crippen molar-refractivity contribution in [2.24, 2.45) is 0 Å². The Morgan fingerprint density at radius 2 is 1.91 bits per heavy atom. The summed E-state index contributed by atoms with van der Waals surface area (Å²) in [6, 6.07) is 10.9. The normalized spacial score (nSPS) is 12.7. The molecule has 4 aromatic rings. The summed E-state index contributed by atoms with van der Waals surface area (Å²) in [6.07, 6.45) is -3.28. The molecule has 7 nitrogen and oxygen atoms in total. The van der Waals surface area contributed by atoms with E-state index in [0.29, 0.717) is 41.2 Å². The van der Waals surface area contributed by atoms with Crippen LogP contribution in [0, 0.1) is 5.82 Å². The van der Waals surface area contributed by atoms with Crippen LogP contribution >= 0.6 is 0 Å². The van der Waals surface area contributed by atoms with E-state index in [1.165, 1.54) is 10.9 Å². The lowest BCUT2D eigenvalue weighted by molar-refractivity contribution is -0.139. The Hall–Kier alpha value is -3.70. The first kappa shape index (κ1) is 22.5. The number of aliphatic hydroxyl groups is 1. The molecule has 0 aliphatic carbocycles. The SMILES string of the molecule is CNCc1cc(Oc2ccc3c(ccn3C(O)Nc3ccc(F)c(C(F)(F)F)c3)c2)ncn1. The molecule has 0 saturated heterocycles. The van der Waals surface area contributed by atoms with Crippen molar-refractivity contribution in [3.05, 3.63) is 78.1 Å². The summed E-state index contributed by atoms with van der Waals surface area (Å²) in [4.78, 5) is 8.21. The van der Waals surface area contributed by atoms with Crippen LogP contribution in [0.5, 0.6) is 11.6 Å². The minimum atomic E-state index is -4.85. The third-order valence-corrected chi connectivity index (χ3v) is 4.80. The molecule has 0 aliphatic heterocycles. The molecule has 0 saturated carbocycles. The average molecular weight is 461 g/mol. The number of anilines is 1. The zero-order valence-electron chi connectivity index (χ0n) is 17.3. The third kappa shape index (κ3) is 5.04. The Morgan fingerprint density at radius 3 is 2.67 bits per heavy atom. The zero-order valence-corrected chi connectivity index (χ0v) is 17.3. The van der Waals surface area contributed by atoms with Gasteiger partial charge < -0.3 is 25.0 Å². The summed E-state index contributed by atoms with van der Waals surface area (Å²) < 4.78 is 59.5. The first-order valence-corrected chi connectivity index (χ1v) is 9.80. The number of nitrogens with zero attached hydrogens (tertiary/aromatic N) is 3. The van der Waals surface area contributed by atoms with Crippen LogP contribution in [0.15, 0.2) is 61.1 Å². The topological polar surface area (TPSA) is 84.2 Å². The molecule has 0 aliphatic rings. The van der Waals surface area contributed by atoms with Crippen molar-refractivity contribution in [1.82, 2.24) is 19.9 Å². The van der Waals surface area contributed by atoms with Gasteiger partial charge in [0.25, 0.3) is 0 Å². The molecule has 2 aromatic carbocycles. The average Bonchev–Trinajstić information content (AvgIpc) is 3.18. The number of aliphatic hydroxyl groups excluding tert-OH is 1. The van der Waals surface area contributed by atoms with Gasteiger partial charge in [0.15, 0.2) is 0 Å². The highest BCUT2D eigenvalue weighted by Crippen LogP contribution is 2.34. The summed E-state index contributed by atoms with van der Waals surface area (Å²) in [5.74, 6) is -0.513. The highest BCUT2D eigenvalue weighted by molar-refractivity contribution is 5.82. The van der Waals surface area contributed by atoms with Gasteiger partial charge in [0, 0.05) is 29.9 Å². The lowest BCUT2D eigenvalue weighted by atomic mass is 10.2. The van der Waals surface area contributed by atoms with Gasteiger partial charge in [-0.15, -0.1) is 0 Å². The summed E-state index contributed by atoms with van der Waals surface area (Å²) in [7, 11) is 1.80. The number of aromatic nitrogens is 3. The van der Waals surface area contributed by atoms with Gasteiger partial charge in [0.2, 0.25) is 12.2 Å². The predicted molar refractivity (Wildman–Crippen MR) is 113 cm³/mol. The highest BCUT2D eigenvalue weighted by Gasteiger charge is 2.34. The third-order valence-electron chi connectivity index (χ3n) is 4.80. The van der Waals surface area contributed by atoms with E-state index in [2.05, 4.69) is 20.6 Å². The fourth-order valence-electron chi connectivity index (χ4n) is 3.30. The minimum Gasteiger partial charge on any atom is -0.439 e. The van der Waals surface area contributed by atoms with Gasteiger partial charge in [-0.3, -0.25) is 0 Å². The fraction of sp³-hybridized carbons (Fsp3) is 0.182. The molecule has 2 heterocycles. The maximum absolute atomic E-state index is 13.5. The molecule has 2 aromatic heterocycles. The summed E-state index contributed by atoms with van der Waals surface area (Å²) in [5, 5.41) is 16.8. The lowest BCUT2D eigenvalue weighted by Crippen LogP contribution is -2.17. The van der Waals surface area contributed by atoms with Crippen LogP contribution < -0.4 is 15.4 Å². The summed E-state index contributed by atoms with van der Waals surface area (Å²) >= 11 is 0. The largest absolute Gasteiger partial charge is 0.439 e. The standard InChI is InChI=1S/C22H19F4N5O2/c1-27-11-15-10-20(29-12-28-15)33-16-3-5-19-13(8-16)6-7-31(19)21(32)30-14-2-4-18(23)17(9-14)22(24,25)26/h2-10,12,21,27,30,32H,11H2,1H3. The molecule has 0 fully saturated rings. The molecule has 0 spiro atoms. The zero-order chi connectivity index (χ0) is 23.6. The molecule has 0 radical (unpaired) electrons. The molecule has 33 heavy (non-hydrogen) atoms. The van der Waals surface area contributed by atoms with E-state index >= 15 is 0 Å². The van der Waals surface area contributed by atoms with Crippen LogP contribution in [0.4, 0.5) is 23.2 Å². The Balaban J connectivity index is 1.53. The molecular formula is C22H19F4N5O2. The molecule has 0 amide bonds. The van der Waals surface area contributed by atoms with Crippen LogP contribution in [0.3, 0.4) is 0 Å². The Morgan fingerprint density at radius 1 is 1.09 bits per heavy atom. The van der Waals surface area contributed by atoms with Gasteiger partial charge in [-0.05, 0) is 49.5 Å². The quantitative estimate of drug-likeness (QED) is 0.274. The minimum absolute atomic E-state index is 0.0841. The second-order valence-corrected chi connectivity index (χ2v) is 7.13. The van der Waals surface area contributed by atoms with Gasteiger partial charge in [-0.25, -0.2) is 14.4 Å². The highest BCUT2D eigenvalue weighted by atomic mass is 19.4. The first-order chi connectivity index (χ1) is 15.7. The maximum atomic E-state index is 13.5. The van der Waals surface area contributed by atoms with E-state index in [-0.39, 0.29) is 5.69 Å². The van der Waals surface area contributed by atoms with E-state index in [0.717, 1.165) is 11.8 Å². The van der Waals surface area contributed by atoms with Crippen LogP contribution in [-0.2, 0) is 12.7 Å². The van der Waals surface area contributed by atoms with Crippen molar-refractivity contribution in [2.45, 2.75) is 19.1 Å². The second kappa shape index (κ2) is 9.04. The van der Waals surface area contributed by atoms with Crippen LogP contribution in [0.25, 0.3) is 10.9 Å². The molecule has 11 heteroatoms. The number of halogens is 4. The number of hydrogen-bond donors (Lipinski definition) is 3. The predicted octanol–water partition coefficient (Wildman–Crippen LogP) is 4.66. The van der Waals surface area contributed by atoms with Crippen molar-refractivity contribution >= 4 is 16.6 Å². The number of ether oxygens (including phenoxy) is 1. The molecule has 0 bridgehead atoms. The second-order valence-electron chi connectivity index (χ2n) is 7.13. The number of benzene rings is 2. The number of nitrogens with one attached hydrogen (secondary N) is 2. The summed E-state index contributed by atoms with van der Waals surface area (Å²) in [5.41, 5.74) is -0.141. The van der Waals surface area contributed by atoms with Crippen LogP contribution in [0.1, 0.15) is 17.6 Å². The molecule has 1 unspecified atom stereocenters. The van der Waals surface area contributed by atoms with Gasteiger partial charge in [-0.2, -0.15) is 13.2 Å². The lowest BCUT2D eigenvalue weighted by Gasteiger charge is -2.18. The van der Waals surface area contributed by atoms with E-state index in [1.54, 1.807) is 43.6 Å². The van der Waals surface area contributed by atoms with E-state index < -0.39 is 23.9 Å². The first-order valence-electron chi connectivity index (χ1n) is 9.80. The van der Waals surface area contributed by atoms with E-state index in [9.17, 15) is 22.7 Å². The molecule has 3 N–H and O–H groups in total. The molecule has 172 valence electrons. The van der Waals surface area contributed by atoms with Gasteiger partial charge >= 0.3 is 6.18 Å². The van der Waals surface area contributed by atoms with Gasteiger partial charge in [-0.1, -0.05) is 0 Å². The monoisotopic (exact) mass is 461 g/mol. The van der Waals surface area contributed by atoms with E-state index in [1.807, 2.05) is 0 Å². The molecular weight excluding hydrogens is 442 g/mol. The number of hydrogen-bond acceptors (Lipinski definition) is 6. The Labute approximate surface area is 185 Å². The molecule has 4 rings (SSSR count). The van der Waals surface area contributed by atoms with Crippen LogP contribution in [0.2, 0.25) is 0 Å². The summed E-state index contributed by atoms with van der Waals surface area (Å²) in [6.45, 7) is 0.560. The van der Waals surface area contributed by atoms with Crippen molar-refractivity contribution in [2.75, 3.05) is 12.4 Å². The Bertz CT molecular complexity index is 1280. The number of rotatable bonds is 7. The van der Waals surface area contributed by atoms with Crippen molar-refractivity contribution < 1.29 is 27.4 Å². The van der Waals surface area contributed by atoms with E-state index in [4.69, 9.17) is 4.74 Å². The van der Waals surface area contributed by atoms with Crippen LogP contribution in [-0.4, -0.2) is 26.7 Å². The molecule has 1 atom stereocenters. The van der Waals surface area contributed by atoms with Gasteiger partial charge in [0.05, 0.1) is 16.8 Å². The van der Waals surface area contributed by atoms with Crippen molar-refractivity contribution in [1.29, 1.82) is 0 Å². The van der Waals surface area contributed by atoms with Crippen molar-refractivity contribution in [3.63, 3.8) is 0 Å². The van der Waals surface area contributed by atoms with Crippen molar-refractivity contribution in [3.8, 4) is 11.6 Å². The smallest absolute Gasteiger partial charge is 0.419 e.